The van der Waals surface area contributed by atoms with E-state index in [1.165, 1.54) is 38.5 Å². The number of hydrogen-bond donors (Lipinski definition) is 1. The van der Waals surface area contributed by atoms with Gasteiger partial charge in [-0.05, 0) is 44.4 Å². The van der Waals surface area contributed by atoms with Crippen molar-refractivity contribution in [1.82, 2.24) is 14.9 Å². The molecule has 4 rings (SSSR count). The normalized spacial score (nSPS) is 22.5. The standard InChI is InChI=1S/C21H30N4O/c26-16-17-9-5-8-14-25(17)15-20-22-19-11-4-3-10-18(19)21(23-20)24-12-6-1-2-7-13-24/h3-4,10-11,17,26H,1-2,5-9,12-16H2. The molecule has 0 radical (unpaired) electrons. The van der Waals surface area contributed by atoms with E-state index in [0.717, 1.165) is 55.1 Å². The average Bonchev–Trinajstić information content (AvgIpc) is 2.97. The van der Waals surface area contributed by atoms with E-state index in [1.54, 1.807) is 0 Å². The molecule has 1 aromatic carbocycles. The summed E-state index contributed by atoms with van der Waals surface area (Å²) in [5.41, 5.74) is 1.04. The molecule has 5 heteroatoms. The van der Waals surface area contributed by atoms with Crippen LogP contribution in [-0.2, 0) is 6.54 Å². The van der Waals surface area contributed by atoms with Gasteiger partial charge in [-0.15, -0.1) is 0 Å². The predicted octanol–water partition coefficient (Wildman–Crippen LogP) is 3.36. The zero-order chi connectivity index (χ0) is 17.8. The van der Waals surface area contributed by atoms with Gasteiger partial charge in [-0.1, -0.05) is 31.4 Å². The van der Waals surface area contributed by atoms with Crippen LogP contribution in [0.2, 0.25) is 0 Å². The van der Waals surface area contributed by atoms with Crippen molar-refractivity contribution >= 4 is 16.7 Å². The Morgan fingerprint density at radius 3 is 2.50 bits per heavy atom. The van der Waals surface area contributed by atoms with Crippen LogP contribution in [-0.4, -0.2) is 52.3 Å². The minimum Gasteiger partial charge on any atom is -0.395 e. The van der Waals surface area contributed by atoms with Gasteiger partial charge in [-0.25, -0.2) is 9.97 Å². The van der Waals surface area contributed by atoms with E-state index in [9.17, 15) is 5.11 Å². The van der Waals surface area contributed by atoms with Gasteiger partial charge in [0.2, 0.25) is 0 Å². The molecule has 2 aliphatic rings. The first kappa shape index (κ1) is 17.7. The van der Waals surface area contributed by atoms with E-state index >= 15 is 0 Å². The van der Waals surface area contributed by atoms with Crippen LogP contribution in [0.4, 0.5) is 5.82 Å². The Kier molecular flexibility index (Phi) is 5.65. The highest BCUT2D eigenvalue weighted by Gasteiger charge is 2.23. The molecule has 0 aliphatic carbocycles. The maximum absolute atomic E-state index is 9.71. The number of aliphatic hydroxyl groups excluding tert-OH is 1. The molecule has 1 atom stereocenters. The molecule has 0 bridgehead atoms. The van der Waals surface area contributed by atoms with Crippen molar-refractivity contribution < 1.29 is 5.11 Å². The van der Waals surface area contributed by atoms with Crippen LogP contribution in [0.3, 0.4) is 0 Å². The first-order valence-corrected chi connectivity index (χ1v) is 10.2. The number of piperidine rings is 1. The number of nitrogens with zero attached hydrogens (tertiary/aromatic N) is 4. The third-order valence-electron chi connectivity index (χ3n) is 5.84. The summed E-state index contributed by atoms with van der Waals surface area (Å²) in [5, 5.41) is 10.9. The quantitative estimate of drug-likeness (QED) is 0.912. The third kappa shape index (κ3) is 3.84. The molecular weight excluding hydrogens is 324 g/mol. The molecule has 2 fully saturated rings. The van der Waals surface area contributed by atoms with Crippen LogP contribution in [0.1, 0.15) is 50.8 Å². The lowest BCUT2D eigenvalue weighted by Crippen LogP contribution is -2.41. The first-order chi connectivity index (χ1) is 12.8. The molecule has 2 aromatic rings. The summed E-state index contributed by atoms with van der Waals surface area (Å²) in [5.74, 6) is 1.99. The molecule has 2 aliphatic heterocycles. The van der Waals surface area contributed by atoms with E-state index in [-0.39, 0.29) is 12.6 Å². The lowest BCUT2D eigenvalue weighted by atomic mass is 10.0. The van der Waals surface area contributed by atoms with E-state index in [4.69, 9.17) is 9.97 Å². The van der Waals surface area contributed by atoms with Crippen molar-refractivity contribution in [1.29, 1.82) is 0 Å². The number of aliphatic hydroxyl groups is 1. The zero-order valence-electron chi connectivity index (χ0n) is 15.6. The van der Waals surface area contributed by atoms with Crippen molar-refractivity contribution in [2.45, 2.75) is 57.5 Å². The van der Waals surface area contributed by atoms with Gasteiger partial charge >= 0.3 is 0 Å². The highest BCUT2D eigenvalue weighted by Crippen LogP contribution is 2.27. The van der Waals surface area contributed by atoms with E-state index in [0.29, 0.717) is 0 Å². The van der Waals surface area contributed by atoms with Crippen LogP contribution in [0, 0.1) is 0 Å². The Labute approximate surface area is 156 Å². The number of aromatic nitrogens is 2. The van der Waals surface area contributed by atoms with Crippen LogP contribution in [0.5, 0.6) is 0 Å². The fourth-order valence-electron chi connectivity index (χ4n) is 4.36. The molecule has 3 heterocycles. The Bertz CT molecular complexity index is 727. The number of likely N-dealkylation sites (tertiary alicyclic amines) is 1. The van der Waals surface area contributed by atoms with Gasteiger partial charge < -0.3 is 10.0 Å². The van der Waals surface area contributed by atoms with E-state index < -0.39 is 0 Å². The van der Waals surface area contributed by atoms with Crippen molar-refractivity contribution in [3.05, 3.63) is 30.1 Å². The number of benzene rings is 1. The van der Waals surface area contributed by atoms with Gasteiger partial charge in [-0.3, -0.25) is 4.90 Å². The smallest absolute Gasteiger partial charge is 0.145 e. The first-order valence-electron chi connectivity index (χ1n) is 10.2. The van der Waals surface area contributed by atoms with Gasteiger partial charge in [0.25, 0.3) is 0 Å². The summed E-state index contributed by atoms with van der Waals surface area (Å²) < 4.78 is 0. The lowest BCUT2D eigenvalue weighted by molar-refractivity contribution is 0.0820. The minimum absolute atomic E-state index is 0.229. The molecule has 140 valence electrons. The topological polar surface area (TPSA) is 52.5 Å². The summed E-state index contributed by atoms with van der Waals surface area (Å²) in [6.45, 7) is 4.16. The van der Waals surface area contributed by atoms with Gasteiger partial charge in [0.15, 0.2) is 0 Å². The molecule has 1 aromatic heterocycles. The van der Waals surface area contributed by atoms with Gasteiger partial charge in [0.05, 0.1) is 18.7 Å². The van der Waals surface area contributed by atoms with Crippen LogP contribution in [0.25, 0.3) is 10.9 Å². The monoisotopic (exact) mass is 354 g/mol. The predicted molar refractivity (Wildman–Crippen MR) is 105 cm³/mol. The zero-order valence-corrected chi connectivity index (χ0v) is 15.6. The maximum Gasteiger partial charge on any atom is 0.145 e. The Hall–Kier alpha value is -1.72. The molecule has 1 unspecified atom stereocenters. The highest BCUT2D eigenvalue weighted by atomic mass is 16.3. The largest absolute Gasteiger partial charge is 0.395 e. The molecule has 2 saturated heterocycles. The summed E-state index contributed by atoms with van der Waals surface area (Å²) in [6, 6.07) is 8.64. The Morgan fingerprint density at radius 1 is 0.923 bits per heavy atom. The lowest BCUT2D eigenvalue weighted by Gasteiger charge is -2.34. The molecule has 0 spiro atoms. The summed E-state index contributed by atoms with van der Waals surface area (Å²) in [4.78, 5) is 14.7. The average molecular weight is 354 g/mol. The number of anilines is 1. The van der Waals surface area contributed by atoms with Crippen molar-refractivity contribution in [3.63, 3.8) is 0 Å². The molecule has 1 N–H and O–H groups in total. The van der Waals surface area contributed by atoms with Crippen molar-refractivity contribution in [3.8, 4) is 0 Å². The van der Waals surface area contributed by atoms with E-state index in [1.807, 2.05) is 0 Å². The van der Waals surface area contributed by atoms with Gasteiger partial charge in [0, 0.05) is 24.5 Å². The SMILES string of the molecule is OCC1CCCCN1Cc1nc(N2CCCCCC2)c2ccccc2n1. The number of fused-ring (bicyclic) bond motifs is 1. The fourth-order valence-corrected chi connectivity index (χ4v) is 4.36. The molecule has 5 nitrogen and oxygen atoms in total. The van der Waals surface area contributed by atoms with Crippen LogP contribution in [0.15, 0.2) is 24.3 Å². The summed E-state index contributed by atoms with van der Waals surface area (Å²) >= 11 is 0. The van der Waals surface area contributed by atoms with Gasteiger partial charge in [0.1, 0.15) is 11.6 Å². The Morgan fingerprint density at radius 2 is 1.69 bits per heavy atom. The van der Waals surface area contributed by atoms with Crippen LogP contribution >= 0.6 is 0 Å². The third-order valence-corrected chi connectivity index (χ3v) is 5.84. The maximum atomic E-state index is 9.71. The highest BCUT2D eigenvalue weighted by molar-refractivity contribution is 5.89. The summed E-state index contributed by atoms with van der Waals surface area (Å²) in [7, 11) is 0. The fraction of sp³-hybridized carbons (Fsp3) is 0.619. The molecule has 26 heavy (non-hydrogen) atoms. The van der Waals surface area contributed by atoms with E-state index in [2.05, 4.69) is 34.1 Å². The summed E-state index contributed by atoms with van der Waals surface area (Å²) in [6.07, 6.45) is 8.60. The second kappa shape index (κ2) is 8.31. The number of para-hydroxylation sites is 1. The number of hydrogen-bond acceptors (Lipinski definition) is 5. The Balaban J connectivity index is 1.66. The van der Waals surface area contributed by atoms with Crippen molar-refractivity contribution in [2.24, 2.45) is 0 Å². The molecular formula is C21H30N4O. The van der Waals surface area contributed by atoms with Crippen molar-refractivity contribution in [2.75, 3.05) is 31.1 Å². The second-order valence-corrected chi connectivity index (χ2v) is 7.68. The van der Waals surface area contributed by atoms with Gasteiger partial charge in [-0.2, -0.15) is 0 Å². The molecule has 0 saturated carbocycles. The minimum atomic E-state index is 0.229. The molecule has 0 amide bonds. The van der Waals surface area contributed by atoms with Crippen LogP contribution < -0.4 is 4.90 Å². The second-order valence-electron chi connectivity index (χ2n) is 7.68. The number of rotatable bonds is 4.